The average molecular weight is 283 g/mol. The molecular weight excluding hydrogens is 260 g/mol. The first kappa shape index (κ1) is 17.9. The average Bonchev–Trinajstić information content (AvgIpc) is 2.30. The summed E-state index contributed by atoms with van der Waals surface area (Å²) in [5, 5.41) is 0. The Balaban J connectivity index is 5.45. The van der Waals surface area contributed by atoms with Crippen LogP contribution in [0.3, 0.4) is 0 Å². The van der Waals surface area contributed by atoms with Crippen molar-refractivity contribution in [1.82, 2.24) is 0 Å². The van der Waals surface area contributed by atoms with Gasteiger partial charge in [-0.1, -0.05) is 41.5 Å². The van der Waals surface area contributed by atoms with Crippen LogP contribution in [0.2, 0.25) is 0 Å². The molecule has 0 saturated heterocycles. The fourth-order valence-corrected chi connectivity index (χ4v) is 1.80. The Morgan fingerprint density at radius 1 is 0.895 bits per heavy atom. The van der Waals surface area contributed by atoms with Gasteiger partial charge in [-0.25, -0.2) is 9.59 Å². The fraction of sp³-hybridized carbons (Fsp3) is 0.714. The monoisotopic (exact) mass is 283 g/mol. The van der Waals surface area contributed by atoms with Gasteiger partial charge < -0.3 is 9.16 Å². The molecular formula is C14H23O4Si. The SMILES string of the molecule is CC(C)COC(=O)/C(=C(\C(=O)O[Si])C(C)C)C(C)C. The molecule has 0 saturated carbocycles. The van der Waals surface area contributed by atoms with Crippen LogP contribution < -0.4 is 0 Å². The van der Waals surface area contributed by atoms with E-state index in [-0.39, 0.29) is 17.8 Å². The summed E-state index contributed by atoms with van der Waals surface area (Å²) >= 11 is 0. The van der Waals surface area contributed by atoms with Gasteiger partial charge in [-0.05, 0) is 17.8 Å². The minimum atomic E-state index is -0.545. The normalized spacial score (nSPS) is 12.7. The first-order valence-corrected chi connectivity index (χ1v) is 6.92. The first-order valence-electron chi connectivity index (χ1n) is 6.51. The molecule has 0 fully saturated rings. The highest BCUT2D eigenvalue weighted by Crippen LogP contribution is 2.24. The third kappa shape index (κ3) is 5.59. The van der Waals surface area contributed by atoms with E-state index in [4.69, 9.17) is 4.74 Å². The lowest BCUT2D eigenvalue weighted by Gasteiger charge is -2.19. The maximum absolute atomic E-state index is 12.2. The Bertz CT molecular complexity index is 356. The van der Waals surface area contributed by atoms with Crippen molar-refractivity contribution in [1.29, 1.82) is 0 Å². The summed E-state index contributed by atoms with van der Waals surface area (Å²) in [4.78, 5) is 24.0. The van der Waals surface area contributed by atoms with E-state index in [1.165, 1.54) is 0 Å². The Morgan fingerprint density at radius 2 is 1.32 bits per heavy atom. The van der Waals surface area contributed by atoms with Crippen molar-refractivity contribution < 1.29 is 18.8 Å². The second-order valence-electron chi connectivity index (χ2n) is 5.52. The van der Waals surface area contributed by atoms with Crippen molar-refractivity contribution in [3.63, 3.8) is 0 Å². The van der Waals surface area contributed by atoms with E-state index in [9.17, 15) is 9.59 Å². The molecule has 0 aliphatic carbocycles. The molecule has 0 aromatic heterocycles. The van der Waals surface area contributed by atoms with Crippen molar-refractivity contribution in [3.8, 4) is 0 Å². The minimum absolute atomic E-state index is 0.108. The molecule has 0 aromatic carbocycles. The van der Waals surface area contributed by atoms with Crippen molar-refractivity contribution >= 4 is 22.4 Å². The van der Waals surface area contributed by atoms with Crippen molar-refractivity contribution in [3.05, 3.63) is 11.1 Å². The molecule has 0 spiro atoms. The van der Waals surface area contributed by atoms with E-state index >= 15 is 0 Å². The van der Waals surface area contributed by atoms with Crippen LogP contribution in [0.5, 0.6) is 0 Å². The zero-order valence-electron chi connectivity index (χ0n) is 12.6. The maximum atomic E-state index is 12.2. The van der Waals surface area contributed by atoms with E-state index < -0.39 is 11.9 Å². The van der Waals surface area contributed by atoms with Crippen molar-refractivity contribution in [2.45, 2.75) is 41.5 Å². The Morgan fingerprint density at radius 3 is 1.63 bits per heavy atom. The Kier molecular flexibility index (Phi) is 7.67. The molecule has 0 aliphatic rings. The predicted molar refractivity (Wildman–Crippen MR) is 74.3 cm³/mol. The number of ether oxygens (including phenoxy) is 1. The van der Waals surface area contributed by atoms with E-state index in [0.717, 1.165) is 0 Å². The first-order chi connectivity index (χ1) is 8.72. The summed E-state index contributed by atoms with van der Waals surface area (Å²) in [5.41, 5.74) is 0.748. The lowest BCUT2D eigenvalue weighted by Crippen LogP contribution is -2.23. The van der Waals surface area contributed by atoms with Crippen LogP contribution in [0.4, 0.5) is 0 Å². The van der Waals surface area contributed by atoms with E-state index in [1.54, 1.807) is 0 Å². The van der Waals surface area contributed by atoms with Crippen LogP contribution in [0.25, 0.3) is 0 Å². The molecule has 3 radical (unpaired) electrons. The summed E-state index contributed by atoms with van der Waals surface area (Å²) in [7, 11) is 2.73. The Labute approximate surface area is 119 Å². The van der Waals surface area contributed by atoms with Gasteiger partial charge in [0.15, 0.2) is 0 Å². The van der Waals surface area contributed by atoms with Crippen LogP contribution in [-0.2, 0) is 18.8 Å². The van der Waals surface area contributed by atoms with Gasteiger partial charge >= 0.3 is 22.4 Å². The maximum Gasteiger partial charge on any atom is 0.345 e. The van der Waals surface area contributed by atoms with Crippen molar-refractivity contribution in [2.75, 3.05) is 6.61 Å². The molecule has 4 nitrogen and oxygen atoms in total. The largest absolute Gasteiger partial charge is 0.513 e. The van der Waals surface area contributed by atoms with Gasteiger partial charge in [0.05, 0.1) is 12.2 Å². The molecule has 0 aromatic rings. The third-order valence-electron chi connectivity index (χ3n) is 2.53. The molecule has 19 heavy (non-hydrogen) atoms. The number of carbonyl (C=O) groups is 2. The smallest absolute Gasteiger partial charge is 0.345 e. The molecule has 0 aliphatic heterocycles. The zero-order chi connectivity index (χ0) is 15.2. The lowest BCUT2D eigenvalue weighted by molar-refractivity contribution is -0.141. The highest BCUT2D eigenvalue weighted by Gasteiger charge is 2.27. The summed E-state index contributed by atoms with van der Waals surface area (Å²) in [6.45, 7) is 11.7. The molecule has 0 atom stereocenters. The molecule has 0 heterocycles. The molecule has 107 valence electrons. The highest BCUT2D eigenvalue weighted by molar-refractivity contribution is 6.11. The quantitative estimate of drug-likeness (QED) is 0.427. The van der Waals surface area contributed by atoms with Crippen LogP contribution in [-0.4, -0.2) is 29.0 Å². The lowest BCUT2D eigenvalue weighted by atomic mass is 9.90. The van der Waals surface area contributed by atoms with Crippen molar-refractivity contribution in [2.24, 2.45) is 17.8 Å². The van der Waals surface area contributed by atoms with Crippen LogP contribution in [0, 0.1) is 17.8 Å². The predicted octanol–water partition coefficient (Wildman–Crippen LogP) is 2.42. The minimum Gasteiger partial charge on any atom is -0.513 e. The van der Waals surface area contributed by atoms with Gasteiger partial charge in [0.1, 0.15) is 0 Å². The van der Waals surface area contributed by atoms with E-state index in [2.05, 4.69) is 14.9 Å². The number of hydrogen-bond donors (Lipinski definition) is 0. The summed E-state index contributed by atoms with van der Waals surface area (Å²) < 4.78 is 9.81. The highest BCUT2D eigenvalue weighted by atomic mass is 28.2. The summed E-state index contributed by atoms with van der Waals surface area (Å²) in [6, 6.07) is 0. The number of carbonyl (C=O) groups excluding carboxylic acids is 2. The van der Waals surface area contributed by atoms with Gasteiger partial charge in [-0.2, -0.15) is 0 Å². The number of esters is 1. The van der Waals surface area contributed by atoms with Gasteiger partial charge in [0.2, 0.25) is 0 Å². The second kappa shape index (κ2) is 8.14. The standard InChI is InChI=1S/C14H23O4Si/c1-8(2)7-17-13(15)11(9(3)4)12(10(5)6)14(16)18-19/h8-10H,7H2,1-6H3/b12-11-. The van der Waals surface area contributed by atoms with Crippen LogP contribution >= 0.6 is 0 Å². The van der Waals surface area contributed by atoms with Gasteiger partial charge in [0, 0.05) is 5.57 Å². The van der Waals surface area contributed by atoms with Gasteiger partial charge in [0.25, 0.3) is 0 Å². The zero-order valence-corrected chi connectivity index (χ0v) is 13.6. The molecule has 0 N–H and O–H groups in total. The van der Waals surface area contributed by atoms with E-state index in [0.29, 0.717) is 17.8 Å². The molecule has 0 amide bonds. The van der Waals surface area contributed by atoms with Gasteiger partial charge in [-0.15, -0.1) is 0 Å². The van der Waals surface area contributed by atoms with Crippen LogP contribution in [0.15, 0.2) is 11.1 Å². The molecule has 0 unspecified atom stereocenters. The number of hydrogen-bond acceptors (Lipinski definition) is 4. The van der Waals surface area contributed by atoms with E-state index in [1.807, 2.05) is 41.5 Å². The second-order valence-corrected chi connectivity index (χ2v) is 5.72. The molecule has 0 rings (SSSR count). The Hall–Kier alpha value is -1.10. The topological polar surface area (TPSA) is 52.6 Å². The molecule has 0 bridgehead atoms. The van der Waals surface area contributed by atoms with Crippen LogP contribution in [0.1, 0.15) is 41.5 Å². The number of rotatable bonds is 6. The summed E-state index contributed by atoms with van der Waals surface area (Å²) in [6.07, 6.45) is 0. The fourth-order valence-electron chi connectivity index (χ4n) is 1.69. The molecule has 5 heteroatoms. The third-order valence-corrected chi connectivity index (χ3v) is 2.71. The van der Waals surface area contributed by atoms with Gasteiger partial charge in [-0.3, -0.25) is 0 Å². The summed E-state index contributed by atoms with van der Waals surface area (Å²) in [5.74, 6) is -0.959.